The van der Waals surface area contributed by atoms with Gasteiger partial charge in [-0.1, -0.05) is 81.4 Å². The van der Waals surface area contributed by atoms with Crippen molar-refractivity contribution >= 4 is 0 Å². The molecule has 0 fully saturated rings. The first-order valence-electron chi connectivity index (χ1n) is 9.66. The summed E-state index contributed by atoms with van der Waals surface area (Å²) in [7, 11) is 0. The van der Waals surface area contributed by atoms with Crippen LogP contribution in [0.25, 0.3) is 0 Å². The van der Waals surface area contributed by atoms with Gasteiger partial charge in [-0.15, -0.1) is 0 Å². The maximum atomic E-state index is 11.4. The van der Waals surface area contributed by atoms with Gasteiger partial charge in [0.15, 0.2) is 0 Å². The predicted octanol–water partition coefficient (Wildman–Crippen LogP) is 5.08. The monoisotopic (exact) mass is 339 g/mol. The number of nitrogens with zero attached hydrogens (tertiary/aromatic N) is 1. The minimum absolute atomic E-state index is 0.215. The molecular formula is C23H33NO. The van der Waals surface area contributed by atoms with Crippen LogP contribution in [0, 0.1) is 0 Å². The van der Waals surface area contributed by atoms with E-state index in [9.17, 15) is 5.11 Å². The van der Waals surface area contributed by atoms with Crippen molar-refractivity contribution in [1.82, 2.24) is 4.90 Å². The van der Waals surface area contributed by atoms with Gasteiger partial charge in [0.2, 0.25) is 0 Å². The van der Waals surface area contributed by atoms with Crippen LogP contribution in [0.2, 0.25) is 0 Å². The molecule has 2 rings (SSSR count). The van der Waals surface area contributed by atoms with Crippen molar-refractivity contribution in [3.8, 4) is 0 Å². The van der Waals surface area contributed by atoms with Crippen LogP contribution in [0.15, 0.2) is 60.7 Å². The highest BCUT2D eigenvalue weighted by Crippen LogP contribution is 2.34. The van der Waals surface area contributed by atoms with Crippen LogP contribution in [0.5, 0.6) is 0 Å². The molecule has 25 heavy (non-hydrogen) atoms. The molecule has 2 nitrogen and oxygen atoms in total. The molecule has 2 aromatic rings. The Hall–Kier alpha value is -1.64. The number of hydrogen-bond acceptors (Lipinski definition) is 2. The van der Waals surface area contributed by atoms with Gasteiger partial charge in [0, 0.05) is 12.5 Å². The van der Waals surface area contributed by atoms with E-state index >= 15 is 0 Å². The summed E-state index contributed by atoms with van der Waals surface area (Å²) in [4.78, 5) is 2.37. The van der Waals surface area contributed by atoms with E-state index in [1.54, 1.807) is 0 Å². The van der Waals surface area contributed by atoms with Crippen LogP contribution in [0.3, 0.4) is 0 Å². The highest BCUT2D eigenvalue weighted by Gasteiger charge is 2.31. The lowest BCUT2D eigenvalue weighted by Crippen LogP contribution is -2.44. The van der Waals surface area contributed by atoms with Crippen LogP contribution in [-0.4, -0.2) is 35.2 Å². The summed E-state index contributed by atoms with van der Waals surface area (Å²) in [5, 5.41) is 11.4. The molecule has 0 amide bonds. The van der Waals surface area contributed by atoms with E-state index in [2.05, 4.69) is 86.3 Å². The number of rotatable bonds is 10. The maximum absolute atomic E-state index is 11.4. The minimum Gasteiger partial charge on any atom is -0.389 e. The molecule has 1 atom stereocenters. The summed E-state index contributed by atoms with van der Waals surface area (Å²) < 4.78 is 0. The number of hydrogen-bond donors (Lipinski definition) is 1. The van der Waals surface area contributed by atoms with Gasteiger partial charge < -0.3 is 10.0 Å². The van der Waals surface area contributed by atoms with Crippen molar-refractivity contribution in [2.45, 2.75) is 51.6 Å². The summed E-state index contributed by atoms with van der Waals surface area (Å²) in [5.74, 6) is 0.215. The maximum Gasteiger partial charge on any atom is 0.0780 e. The summed E-state index contributed by atoms with van der Waals surface area (Å²) in [5.41, 5.74) is 1.87. The molecule has 0 bridgehead atoms. The first-order chi connectivity index (χ1) is 12.1. The first kappa shape index (κ1) is 19.7. The second-order valence-electron chi connectivity index (χ2n) is 7.02. The SMILES string of the molecule is CCCN(CC)CC(O)(CC)CC(c1ccccc1)c1ccccc1. The Morgan fingerprint density at radius 1 is 0.880 bits per heavy atom. The quantitative estimate of drug-likeness (QED) is 0.652. The number of likely N-dealkylation sites (N-methyl/N-ethyl adjacent to an activating group) is 1. The van der Waals surface area contributed by atoms with Gasteiger partial charge in [-0.25, -0.2) is 0 Å². The van der Waals surface area contributed by atoms with Gasteiger partial charge in [-0.2, -0.15) is 0 Å². The van der Waals surface area contributed by atoms with Crippen molar-refractivity contribution in [3.05, 3.63) is 71.8 Å². The van der Waals surface area contributed by atoms with Crippen LogP contribution in [0.1, 0.15) is 57.1 Å². The van der Waals surface area contributed by atoms with Crippen LogP contribution in [0.4, 0.5) is 0 Å². The highest BCUT2D eigenvalue weighted by atomic mass is 16.3. The van der Waals surface area contributed by atoms with Crippen molar-refractivity contribution in [2.75, 3.05) is 19.6 Å². The molecule has 1 unspecified atom stereocenters. The second-order valence-corrected chi connectivity index (χ2v) is 7.02. The Morgan fingerprint density at radius 2 is 1.40 bits per heavy atom. The zero-order chi connectivity index (χ0) is 18.1. The summed E-state index contributed by atoms with van der Waals surface area (Å²) >= 11 is 0. The third-order valence-corrected chi connectivity index (χ3v) is 5.15. The Morgan fingerprint density at radius 3 is 1.80 bits per heavy atom. The van der Waals surface area contributed by atoms with Crippen molar-refractivity contribution in [1.29, 1.82) is 0 Å². The normalized spacial score (nSPS) is 14.0. The highest BCUT2D eigenvalue weighted by molar-refractivity contribution is 5.32. The smallest absolute Gasteiger partial charge is 0.0780 e. The fraction of sp³-hybridized carbons (Fsp3) is 0.478. The molecule has 2 heteroatoms. The van der Waals surface area contributed by atoms with Crippen molar-refractivity contribution in [3.63, 3.8) is 0 Å². The fourth-order valence-electron chi connectivity index (χ4n) is 3.58. The van der Waals surface area contributed by atoms with E-state index in [-0.39, 0.29) is 5.92 Å². The van der Waals surface area contributed by atoms with Gasteiger partial charge >= 0.3 is 0 Å². The van der Waals surface area contributed by atoms with Gasteiger partial charge in [-0.3, -0.25) is 0 Å². The Kier molecular flexibility index (Phi) is 7.67. The summed E-state index contributed by atoms with van der Waals surface area (Å²) in [6.07, 6.45) is 2.63. The molecular weight excluding hydrogens is 306 g/mol. The minimum atomic E-state index is -0.679. The van der Waals surface area contributed by atoms with E-state index in [1.807, 2.05) is 0 Å². The number of benzene rings is 2. The van der Waals surface area contributed by atoms with Crippen LogP contribution < -0.4 is 0 Å². The molecule has 1 N–H and O–H groups in total. The standard InChI is InChI=1S/C23H33NO/c1-4-17-24(6-3)19-23(25,5-2)18-22(20-13-9-7-10-14-20)21-15-11-8-12-16-21/h7-16,22,25H,4-6,17-19H2,1-3H3. The molecule has 2 aromatic carbocycles. The first-order valence-corrected chi connectivity index (χ1v) is 9.66. The molecule has 0 aromatic heterocycles. The zero-order valence-corrected chi connectivity index (χ0v) is 16.0. The lowest BCUT2D eigenvalue weighted by atomic mass is 9.80. The summed E-state index contributed by atoms with van der Waals surface area (Å²) in [6.45, 7) is 9.25. The average Bonchev–Trinajstić information content (AvgIpc) is 2.67. The Balaban J connectivity index is 2.27. The largest absolute Gasteiger partial charge is 0.389 e. The van der Waals surface area contributed by atoms with E-state index in [1.165, 1.54) is 11.1 Å². The molecule has 0 aliphatic rings. The predicted molar refractivity (Wildman–Crippen MR) is 107 cm³/mol. The molecule has 0 radical (unpaired) electrons. The van der Waals surface area contributed by atoms with Crippen LogP contribution in [-0.2, 0) is 0 Å². The van der Waals surface area contributed by atoms with E-state index in [0.29, 0.717) is 0 Å². The number of aliphatic hydroxyl groups is 1. The second kappa shape index (κ2) is 9.74. The van der Waals surface area contributed by atoms with Gasteiger partial charge in [-0.05, 0) is 43.5 Å². The van der Waals surface area contributed by atoms with Crippen LogP contribution >= 0.6 is 0 Å². The van der Waals surface area contributed by atoms with Crippen molar-refractivity contribution in [2.24, 2.45) is 0 Å². The summed E-state index contributed by atoms with van der Waals surface area (Å²) in [6, 6.07) is 21.2. The Bertz CT molecular complexity index is 559. The van der Waals surface area contributed by atoms with Gasteiger partial charge in [0.1, 0.15) is 0 Å². The van der Waals surface area contributed by atoms with E-state index < -0.39 is 5.60 Å². The molecule has 0 heterocycles. The molecule has 0 spiro atoms. The van der Waals surface area contributed by atoms with E-state index in [0.717, 1.165) is 38.9 Å². The lowest BCUT2D eigenvalue weighted by Gasteiger charge is -2.36. The lowest BCUT2D eigenvalue weighted by molar-refractivity contribution is -0.00926. The molecule has 0 aliphatic heterocycles. The Labute approximate surface area is 153 Å². The fourth-order valence-corrected chi connectivity index (χ4v) is 3.58. The average molecular weight is 340 g/mol. The molecule has 0 saturated carbocycles. The molecule has 136 valence electrons. The molecule has 0 saturated heterocycles. The van der Waals surface area contributed by atoms with Gasteiger partial charge in [0.25, 0.3) is 0 Å². The third kappa shape index (κ3) is 5.69. The van der Waals surface area contributed by atoms with E-state index in [4.69, 9.17) is 0 Å². The third-order valence-electron chi connectivity index (χ3n) is 5.15. The topological polar surface area (TPSA) is 23.5 Å². The van der Waals surface area contributed by atoms with Crippen molar-refractivity contribution < 1.29 is 5.11 Å². The zero-order valence-electron chi connectivity index (χ0n) is 16.0. The molecule has 0 aliphatic carbocycles. The van der Waals surface area contributed by atoms with Gasteiger partial charge in [0.05, 0.1) is 5.60 Å².